The predicted octanol–water partition coefficient (Wildman–Crippen LogP) is 3.74. The van der Waals surface area contributed by atoms with Crippen LogP contribution in [0.4, 0.5) is 0 Å². The number of rotatable bonds is 8. The van der Waals surface area contributed by atoms with Crippen LogP contribution < -0.4 is 5.32 Å². The molecule has 1 N–H and O–H groups in total. The molecule has 1 fully saturated rings. The first kappa shape index (κ1) is 20.9. The highest BCUT2D eigenvalue weighted by Gasteiger charge is 2.35. The first-order chi connectivity index (χ1) is 12.3. The summed E-state index contributed by atoms with van der Waals surface area (Å²) in [6.45, 7) is 8.95. The van der Waals surface area contributed by atoms with E-state index in [9.17, 15) is 4.79 Å². The monoisotopic (exact) mass is 360 g/mol. The number of carbonyl (C=O) groups excluding carboxylic acids is 1. The maximum Gasteiger partial charge on any atom is 0.220 e. The van der Waals surface area contributed by atoms with Gasteiger partial charge in [0.1, 0.15) is 0 Å². The highest BCUT2D eigenvalue weighted by atomic mass is 16.5. The first-order valence-corrected chi connectivity index (χ1v) is 9.89. The molecule has 0 aromatic heterocycles. The van der Waals surface area contributed by atoms with E-state index in [1.807, 2.05) is 0 Å². The van der Waals surface area contributed by atoms with E-state index in [4.69, 9.17) is 4.74 Å². The Bertz CT molecular complexity index is 566. The fourth-order valence-corrected chi connectivity index (χ4v) is 3.89. The Balaban J connectivity index is 2.03. The second-order valence-corrected chi connectivity index (χ2v) is 8.59. The minimum Gasteiger partial charge on any atom is -0.376 e. The molecule has 1 amide bonds. The molecule has 146 valence electrons. The van der Waals surface area contributed by atoms with Gasteiger partial charge in [0.15, 0.2) is 0 Å². The van der Waals surface area contributed by atoms with Crippen LogP contribution in [0.3, 0.4) is 0 Å². The molecule has 1 aromatic rings. The molecule has 0 saturated carbocycles. The molecule has 1 aliphatic heterocycles. The molecule has 4 nitrogen and oxygen atoms in total. The summed E-state index contributed by atoms with van der Waals surface area (Å²) in [5, 5.41) is 3.11. The molecule has 1 aromatic carbocycles. The standard InChI is InChI=1S/C22H36N2O2/c1-17-7-9-18(10-8-17)20(19-11-14-26-22(2,3)16-19)15-21(25)23-12-6-13-24(4)5/h7-10,19-20H,6,11-16H2,1-5H3,(H,23,25)/t19-,20-/m0/s1. The SMILES string of the molecule is Cc1ccc([C@H](CC(=O)NCCCN(C)C)[C@H]2CCOC(C)(C)C2)cc1. The van der Waals surface area contributed by atoms with Crippen molar-refractivity contribution in [2.45, 2.75) is 58.0 Å². The van der Waals surface area contributed by atoms with Crippen LogP contribution in [0.2, 0.25) is 0 Å². The number of amides is 1. The summed E-state index contributed by atoms with van der Waals surface area (Å²) < 4.78 is 5.90. The van der Waals surface area contributed by atoms with Gasteiger partial charge in [-0.25, -0.2) is 0 Å². The van der Waals surface area contributed by atoms with Crippen molar-refractivity contribution in [3.8, 4) is 0 Å². The molecule has 0 unspecified atom stereocenters. The molecule has 4 heteroatoms. The van der Waals surface area contributed by atoms with Crippen molar-refractivity contribution in [1.29, 1.82) is 0 Å². The fraction of sp³-hybridized carbons (Fsp3) is 0.682. The van der Waals surface area contributed by atoms with Gasteiger partial charge in [0.25, 0.3) is 0 Å². The summed E-state index contributed by atoms with van der Waals surface area (Å²) in [6, 6.07) is 8.70. The van der Waals surface area contributed by atoms with Gasteiger partial charge in [-0.3, -0.25) is 4.79 Å². The zero-order chi connectivity index (χ0) is 19.2. The third-order valence-electron chi connectivity index (χ3n) is 5.32. The van der Waals surface area contributed by atoms with E-state index in [2.05, 4.69) is 69.3 Å². The van der Waals surface area contributed by atoms with Crippen LogP contribution in [0.5, 0.6) is 0 Å². The summed E-state index contributed by atoms with van der Waals surface area (Å²) in [7, 11) is 4.12. The van der Waals surface area contributed by atoms with E-state index < -0.39 is 0 Å². The molecule has 2 atom stereocenters. The van der Waals surface area contributed by atoms with Gasteiger partial charge in [-0.2, -0.15) is 0 Å². The van der Waals surface area contributed by atoms with Crippen LogP contribution in [0, 0.1) is 12.8 Å². The number of nitrogens with zero attached hydrogens (tertiary/aromatic N) is 1. The maximum absolute atomic E-state index is 12.6. The molecule has 1 aliphatic rings. The number of carbonyl (C=O) groups is 1. The van der Waals surface area contributed by atoms with Gasteiger partial charge in [-0.15, -0.1) is 0 Å². The highest BCUT2D eigenvalue weighted by Crippen LogP contribution is 2.40. The molecule has 0 spiro atoms. The minimum absolute atomic E-state index is 0.103. The number of hydrogen-bond acceptors (Lipinski definition) is 3. The number of benzene rings is 1. The van der Waals surface area contributed by atoms with Crippen LogP contribution in [0.15, 0.2) is 24.3 Å². The minimum atomic E-state index is -0.103. The molecule has 1 heterocycles. The second-order valence-electron chi connectivity index (χ2n) is 8.59. The lowest BCUT2D eigenvalue weighted by Gasteiger charge is -2.39. The van der Waals surface area contributed by atoms with Crippen molar-refractivity contribution in [2.24, 2.45) is 5.92 Å². The summed E-state index contributed by atoms with van der Waals surface area (Å²) in [5.41, 5.74) is 2.43. The normalized spacial score (nSPS) is 20.8. The molecule has 2 rings (SSSR count). The lowest BCUT2D eigenvalue weighted by Crippen LogP contribution is -2.37. The molecule has 0 aliphatic carbocycles. The topological polar surface area (TPSA) is 41.6 Å². The van der Waals surface area contributed by atoms with Crippen LogP contribution in [0.25, 0.3) is 0 Å². The third-order valence-corrected chi connectivity index (χ3v) is 5.32. The lowest BCUT2D eigenvalue weighted by molar-refractivity contribution is -0.123. The van der Waals surface area contributed by atoms with Gasteiger partial charge in [-0.1, -0.05) is 29.8 Å². The van der Waals surface area contributed by atoms with Crippen molar-refractivity contribution < 1.29 is 9.53 Å². The number of nitrogens with one attached hydrogen (secondary N) is 1. The van der Waals surface area contributed by atoms with Gasteiger partial charge in [0.05, 0.1) is 5.60 Å². The van der Waals surface area contributed by atoms with Crippen LogP contribution in [-0.4, -0.2) is 50.2 Å². The smallest absolute Gasteiger partial charge is 0.220 e. The van der Waals surface area contributed by atoms with Gasteiger partial charge in [0, 0.05) is 19.6 Å². The third kappa shape index (κ3) is 6.73. The maximum atomic E-state index is 12.6. The second kappa shape index (κ2) is 9.52. The zero-order valence-electron chi connectivity index (χ0n) is 17.2. The van der Waals surface area contributed by atoms with E-state index in [1.165, 1.54) is 11.1 Å². The largest absolute Gasteiger partial charge is 0.376 e. The van der Waals surface area contributed by atoms with Gasteiger partial charge in [0.2, 0.25) is 5.91 Å². The Morgan fingerprint density at radius 2 is 2.00 bits per heavy atom. The average molecular weight is 361 g/mol. The Morgan fingerprint density at radius 3 is 2.62 bits per heavy atom. The molecule has 26 heavy (non-hydrogen) atoms. The quantitative estimate of drug-likeness (QED) is 0.718. The summed E-state index contributed by atoms with van der Waals surface area (Å²) in [5.74, 6) is 0.903. The van der Waals surface area contributed by atoms with E-state index in [1.54, 1.807) is 0 Å². The van der Waals surface area contributed by atoms with Crippen molar-refractivity contribution in [3.63, 3.8) is 0 Å². The lowest BCUT2D eigenvalue weighted by atomic mass is 9.75. The van der Waals surface area contributed by atoms with Crippen molar-refractivity contribution >= 4 is 5.91 Å². The molecular formula is C22H36N2O2. The Morgan fingerprint density at radius 1 is 1.31 bits per heavy atom. The fourth-order valence-electron chi connectivity index (χ4n) is 3.89. The number of ether oxygens (including phenoxy) is 1. The Kier molecular flexibility index (Phi) is 7.66. The predicted molar refractivity (Wildman–Crippen MR) is 107 cm³/mol. The van der Waals surface area contributed by atoms with Gasteiger partial charge < -0.3 is 15.0 Å². The molecule has 0 bridgehead atoms. The number of aryl methyl sites for hydroxylation is 1. The van der Waals surface area contributed by atoms with Crippen molar-refractivity contribution in [2.75, 3.05) is 33.8 Å². The average Bonchev–Trinajstić information content (AvgIpc) is 2.56. The van der Waals surface area contributed by atoms with Crippen LogP contribution in [0.1, 0.15) is 56.6 Å². The summed E-state index contributed by atoms with van der Waals surface area (Å²) in [4.78, 5) is 14.7. The molecule has 0 radical (unpaired) electrons. The zero-order valence-corrected chi connectivity index (χ0v) is 17.2. The van der Waals surface area contributed by atoms with Crippen molar-refractivity contribution in [1.82, 2.24) is 10.2 Å². The van der Waals surface area contributed by atoms with E-state index in [0.717, 1.165) is 39.0 Å². The molecular weight excluding hydrogens is 324 g/mol. The van der Waals surface area contributed by atoms with Gasteiger partial charge in [-0.05, 0) is 78.1 Å². The number of hydrogen-bond donors (Lipinski definition) is 1. The van der Waals surface area contributed by atoms with Crippen LogP contribution >= 0.6 is 0 Å². The van der Waals surface area contributed by atoms with Gasteiger partial charge >= 0.3 is 0 Å². The van der Waals surface area contributed by atoms with Crippen LogP contribution in [-0.2, 0) is 9.53 Å². The molecule has 1 saturated heterocycles. The summed E-state index contributed by atoms with van der Waals surface area (Å²) in [6.07, 6.45) is 3.57. The van der Waals surface area contributed by atoms with E-state index in [-0.39, 0.29) is 17.4 Å². The highest BCUT2D eigenvalue weighted by molar-refractivity contribution is 5.76. The Hall–Kier alpha value is -1.39. The van der Waals surface area contributed by atoms with E-state index in [0.29, 0.717) is 12.3 Å². The van der Waals surface area contributed by atoms with E-state index >= 15 is 0 Å². The summed E-state index contributed by atoms with van der Waals surface area (Å²) >= 11 is 0. The Labute approximate surface area is 159 Å². The first-order valence-electron chi connectivity index (χ1n) is 9.89. The van der Waals surface area contributed by atoms with Crippen molar-refractivity contribution in [3.05, 3.63) is 35.4 Å².